The van der Waals surface area contributed by atoms with E-state index in [1.165, 1.54) is 22.5 Å². The molecule has 1 heterocycles. The van der Waals surface area contributed by atoms with Gasteiger partial charge < -0.3 is 9.64 Å². The molecule has 1 aliphatic heterocycles. The van der Waals surface area contributed by atoms with Crippen LogP contribution in [0, 0.1) is 0 Å². The summed E-state index contributed by atoms with van der Waals surface area (Å²) in [7, 11) is -3.74. The van der Waals surface area contributed by atoms with E-state index in [1.54, 1.807) is 18.7 Å². The minimum Gasteiger partial charge on any atom is -0.452 e. The summed E-state index contributed by atoms with van der Waals surface area (Å²) in [6, 6.07) is 4.02. The molecule has 0 aliphatic carbocycles. The molecule has 0 bridgehead atoms. The van der Waals surface area contributed by atoms with E-state index < -0.39 is 22.6 Å². The molecule has 2 rings (SSSR count). The van der Waals surface area contributed by atoms with Crippen LogP contribution in [-0.4, -0.2) is 61.8 Å². The quantitative estimate of drug-likeness (QED) is 0.621. The fraction of sp³-hybridized carbons (Fsp3) is 0.579. The van der Waals surface area contributed by atoms with Crippen molar-refractivity contribution >= 4 is 33.5 Å². The Labute approximate surface area is 171 Å². The Bertz CT molecular complexity index is 824. The number of rotatable bonds is 7. The molecule has 1 aromatic rings. The number of hydrogen-bond acceptors (Lipinski definition) is 5. The van der Waals surface area contributed by atoms with Crippen molar-refractivity contribution in [3.05, 3.63) is 28.8 Å². The highest BCUT2D eigenvalue weighted by molar-refractivity contribution is 7.89. The third-order valence-electron chi connectivity index (χ3n) is 4.95. The maximum absolute atomic E-state index is 12.7. The van der Waals surface area contributed by atoms with Crippen LogP contribution < -0.4 is 0 Å². The molecule has 1 atom stereocenters. The topological polar surface area (TPSA) is 84.0 Å². The summed E-state index contributed by atoms with van der Waals surface area (Å²) in [6.45, 7) is 6.31. The number of nitrogens with zero attached hydrogens (tertiary/aromatic N) is 2. The van der Waals surface area contributed by atoms with Crippen LogP contribution in [0.25, 0.3) is 0 Å². The fourth-order valence-corrected chi connectivity index (χ4v) is 4.97. The summed E-state index contributed by atoms with van der Waals surface area (Å²) in [4.78, 5) is 26.4. The number of sulfonamides is 1. The summed E-state index contributed by atoms with van der Waals surface area (Å²) in [5.74, 6) is -1.08. The van der Waals surface area contributed by atoms with Gasteiger partial charge in [0.25, 0.3) is 5.91 Å². The molecule has 9 heteroatoms. The molecule has 0 N–H and O–H groups in total. The number of halogens is 1. The highest BCUT2D eigenvalue weighted by Crippen LogP contribution is 2.24. The standard InChI is InChI=1S/C19H27ClN2O5S/c1-4-21(5-2)28(25,26)15-9-10-17(20)16(12-15)19(24)27-13-18(23)22-11-7-6-8-14(22)3/h9-10,12,14H,4-8,11,13H2,1-3H3/t14-/m0/s1. The minimum absolute atomic E-state index is 0.0384. The number of ether oxygens (including phenoxy) is 1. The van der Waals surface area contributed by atoms with Crippen molar-refractivity contribution in [2.24, 2.45) is 0 Å². The molecule has 1 fully saturated rings. The van der Waals surface area contributed by atoms with Crippen LogP contribution in [0.3, 0.4) is 0 Å². The summed E-state index contributed by atoms with van der Waals surface area (Å²) < 4.78 is 31.7. The van der Waals surface area contributed by atoms with Gasteiger partial charge in [-0.05, 0) is 44.4 Å². The molecule has 1 aromatic carbocycles. The second-order valence-corrected chi connectivity index (χ2v) is 9.08. The summed E-state index contributed by atoms with van der Waals surface area (Å²) in [6.07, 6.45) is 2.94. The molecule has 7 nitrogen and oxygen atoms in total. The van der Waals surface area contributed by atoms with Gasteiger partial charge in [0, 0.05) is 25.7 Å². The van der Waals surface area contributed by atoms with E-state index in [9.17, 15) is 18.0 Å². The fourth-order valence-electron chi connectivity index (χ4n) is 3.29. The van der Waals surface area contributed by atoms with E-state index >= 15 is 0 Å². The Morgan fingerprint density at radius 1 is 1.25 bits per heavy atom. The molecule has 0 saturated carbocycles. The third kappa shape index (κ3) is 5.04. The van der Waals surface area contributed by atoms with E-state index in [2.05, 4.69) is 0 Å². The normalized spacial score (nSPS) is 17.6. The van der Waals surface area contributed by atoms with Crippen LogP contribution in [0.15, 0.2) is 23.1 Å². The van der Waals surface area contributed by atoms with Crippen molar-refractivity contribution in [2.45, 2.75) is 51.0 Å². The lowest BCUT2D eigenvalue weighted by Gasteiger charge is -2.33. The van der Waals surface area contributed by atoms with E-state index in [0.29, 0.717) is 19.6 Å². The highest BCUT2D eigenvalue weighted by Gasteiger charge is 2.26. The number of likely N-dealkylation sites (tertiary alicyclic amines) is 1. The molecule has 1 aliphatic rings. The van der Waals surface area contributed by atoms with Gasteiger partial charge in [-0.15, -0.1) is 0 Å². The first-order valence-electron chi connectivity index (χ1n) is 9.48. The predicted octanol–water partition coefficient (Wildman–Crippen LogP) is 2.93. The van der Waals surface area contributed by atoms with Crippen molar-refractivity contribution in [1.29, 1.82) is 0 Å². The number of piperidine rings is 1. The Kier molecular flexibility index (Phi) is 7.86. The molecule has 0 unspecified atom stereocenters. The van der Waals surface area contributed by atoms with Crippen molar-refractivity contribution in [3.63, 3.8) is 0 Å². The average Bonchev–Trinajstić information content (AvgIpc) is 2.67. The average molecular weight is 431 g/mol. The first kappa shape index (κ1) is 22.6. The van der Waals surface area contributed by atoms with Crippen molar-refractivity contribution < 1.29 is 22.7 Å². The number of amides is 1. The first-order valence-corrected chi connectivity index (χ1v) is 11.3. The second-order valence-electron chi connectivity index (χ2n) is 6.74. The Balaban J connectivity index is 2.14. The Hall–Kier alpha value is -1.64. The Morgan fingerprint density at radius 2 is 1.93 bits per heavy atom. The van der Waals surface area contributed by atoms with Gasteiger partial charge in [0.15, 0.2) is 6.61 Å². The van der Waals surface area contributed by atoms with Gasteiger partial charge >= 0.3 is 5.97 Å². The maximum atomic E-state index is 12.7. The zero-order chi connectivity index (χ0) is 20.9. The number of carbonyl (C=O) groups is 2. The summed E-state index contributed by atoms with van der Waals surface area (Å²) >= 11 is 6.07. The number of hydrogen-bond donors (Lipinski definition) is 0. The zero-order valence-corrected chi connectivity index (χ0v) is 18.1. The summed E-state index contributed by atoms with van der Waals surface area (Å²) in [5, 5.41) is 0.0716. The number of benzene rings is 1. The van der Waals surface area contributed by atoms with Gasteiger partial charge in [0.05, 0.1) is 15.5 Å². The minimum atomic E-state index is -3.74. The molecule has 28 heavy (non-hydrogen) atoms. The lowest BCUT2D eigenvalue weighted by molar-refractivity contribution is -0.137. The predicted molar refractivity (Wildman–Crippen MR) is 107 cm³/mol. The Morgan fingerprint density at radius 3 is 2.54 bits per heavy atom. The van der Waals surface area contributed by atoms with Crippen molar-refractivity contribution in [1.82, 2.24) is 9.21 Å². The molecule has 0 radical (unpaired) electrons. The molecular formula is C19H27ClN2O5S. The van der Waals surface area contributed by atoms with Crippen LogP contribution >= 0.6 is 11.6 Å². The number of esters is 1. The largest absolute Gasteiger partial charge is 0.452 e. The maximum Gasteiger partial charge on any atom is 0.340 e. The highest BCUT2D eigenvalue weighted by atomic mass is 35.5. The SMILES string of the molecule is CCN(CC)S(=O)(=O)c1ccc(Cl)c(C(=O)OCC(=O)N2CCCC[C@@H]2C)c1. The first-order chi connectivity index (χ1) is 13.2. The van der Waals surface area contributed by atoms with Crippen LogP contribution in [0.2, 0.25) is 5.02 Å². The van der Waals surface area contributed by atoms with E-state index in [1.807, 2.05) is 6.92 Å². The van der Waals surface area contributed by atoms with E-state index in [4.69, 9.17) is 16.3 Å². The lowest BCUT2D eigenvalue weighted by atomic mass is 10.0. The van der Waals surface area contributed by atoms with E-state index in [-0.39, 0.29) is 27.4 Å². The third-order valence-corrected chi connectivity index (χ3v) is 7.33. The second kappa shape index (κ2) is 9.71. The van der Waals surface area contributed by atoms with E-state index in [0.717, 1.165) is 19.3 Å². The smallest absolute Gasteiger partial charge is 0.340 e. The zero-order valence-electron chi connectivity index (χ0n) is 16.5. The van der Waals surface area contributed by atoms with Gasteiger partial charge in [-0.2, -0.15) is 4.31 Å². The van der Waals surface area contributed by atoms with Gasteiger partial charge in [-0.3, -0.25) is 4.79 Å². The molecule has 0 aromatic heterocycles. The van der Waals surface area contributed by atoms with Gasteiger partial charge in [0.2, 0.25) is 10.0 Å². The van der Waals surface area contributed by atoms with Gasteiger partial charge in [-0.1, -0.05) is 25.4 Å². The summed E-state index contributed by atoms with van der Waals surface area (Å²) in [5.41, 5.74) is -0.0746. The van der Waals surface area contributed by atoms with Crippen LogP contribution in [0.4, 0.5) is 0 Å². The molecular weight excluding hydrogens is 404 g/mol. The van der Waals surface area contributed by atoms with Crippen LogP contribution in [0.5, 0.6) is 0 Å². The van der Waals surface area contributed by atoms with Crippen molar-refractivity contribution in [2.75, 3.05) is 26.2 Å². The molecule has 1 amide bonds. The van der Waals surface area contributed by atoms with Crippen LogP contribution in [-0.2, 0) is 19.6 Å². The lowest BCUT2D eigenvalue weighted by Crippen LogP contribution is -2.44. The number of carbonyl (C=O) groups excluding carboxylic acids is 2. The monoisotopic (exact) mass is 430 g/mol. The van der Waals surface area contributed by atoms with Crippen LogP contribution in [0.1, 0.15) is 50.4 Å². The van der Waals surface area contributed by atoms with Gasteiger partial charge in [0.1, 0.15) is 0 Å². The van der Waals surface area contributed by atoms with Gasteiger partial charge in [-0.25, -0.2) is 13.2 Å². The van der Waals surface area contributed by atoms with Crippen molar-refractivity contribution in [3.8, 4) is 0 Å². The molecule has 156 valence electrons. The molecule has 0 spiro atoms. The molecule has 1 saturated heterocycles.